The lowest BCUT2D eigenvalue weighted by atomic mass is 10.3. The fourth-order valence-corrected chi connectivity index (χ4v) is 2.16. The van der Waals surface area contributed by atoms with E-state index >= 15 is 0 Å². The van der Waals surface area contributed by atoms with Crippen LogP contribution in [0.25, 0.3) is 0 Å². The molecule has 92 valence electrons. The molecule has 0 aromatic heterocycles. The number of esters is 1. The maximum Gasteiger partial charge on any atom is 0.333 e. The number of rotatable bonds is 5. The Kier molecular flexibility index (Phi) is 5.71. The third kappa shape index (κ3) is 4.91. The number of benzene rings is 1. The average Bonchev–Trinajstić information content (AvgIpc) is 2.26. The van der Waals surface area contributed by atoms with Crippen LogP contribution in [-0.2, 0) is 9.53 Å². The zero-order valence-electron chi connectivity index (χ0n) is 9.33. The first-order chi connectivity index (χ1) is 8.00. The van der Waals surface area contributed by atoms with Gasteiger partial charge in [0.25, 0.3) is 0 Å². The standard InChI is InChI=1S/C12H12Br2O3/c1-8(2)12(15)17-6-5-16-11-4-3-9(13)7-10(11)14/h3-4,7H,1,5-6H2,2H3. The summed E-state index contributed by atoms with van der Waals surface area (Å²) in [5, 5.41) is 0. The predicted octanol–water partition coefficient (Wildman–Crippen LogP) is 3.71. The van der Waals surface area contributed by atoms with Crippen LogP contribution in [0.15, 0.2) is 39.3 Å². The lowest BCUT2D eigenvalue weighted by Gasteiger charge is -2.09. The van der Waals surface area contributed by atoms with E-state index in [9.17, 15) is 4.79 Å². The first-order valence-electron chi connectivity index (χ1n) is 4.91. The van der Waals surface area contributed by atoms with Crippen LogP contribution >= 0.6 is 31.9 Å². The van der Waals surface area contributed by atoms with Crippen molar-refractivity contribution < 1.29 is 14.3 Å². The third-order valence-electron chi connectivity index (χ3n) is 1.82. The zero-order valence-corrected chi connectivity index (χ0v) is 12.5. The van der Waals surface area contributed by atoms with Crippen LogP contribution in [0.3, 0.4) is 0 Å². The van der Waals surface area contributed by atoms with Gasteiger partial charge >= 0.3 is 5.97 Å². The van der Waals surface area contributed by atoms with Crippen LogP contribution in [0.4, 0.5) is 0 Å². The molecule has 0 aliphatic rings. The Morgan fingerprint density at radius 2 is 2.06 bits per heavy atom. The molecule has 0 saturated carbocycles. The van der Waals surface area contributed by atoms with Gasteiger partial charge in [-0.05, 0) is 41.1 Å². The summed E-state index contributed by atoms with van der Waals surface area (Å²) in [6.07, 6.45) is 0. The van der Waals surface area contributed by atoms with Gasteiger partial charge in [-0.15, -0.1) is 0 Å². The lowest BCUT2D eigenvalue weighted by molar-refractivity contribution is -0.139. The summed E-state index contributed by atoms with van der Waals surface area (Å²) in [4.78, 5) is 11.1. The second kappa shape index (κ2) is 6.81. The summed E-state index contributed by atoms with van der Waals surface area (Å²) in [7, 11) is 0. The van der Waals surface area contributed by atoms with Crippen molar-refractivity contribution in [2.24, 2.45) is 0 Å². The third-order valence-corrected chi connectivity index (χ3v) is 2.93. The summed E-state index contributed by atoms with van der Waals surface area (Å²) in [6.45, 7) is 5.60. The minimum absolute atomic E-state index is 0.203. The number of hydrogen-bond donors (Lipinski definition) is 0. The highest BCUT2D eigenvalue weighted by atomic mass is 79.9. The average molecular weight is 364 g/mol. The Morgan fingerprint density at radius 1 is 1.35 bits per heavy atom. The van der Waals surface area contributed by atoms with E-state index in [2.05, 4.69) is 38.4 Å². The number of carbonyl (C=O) groups is 1. The molecule has 1 aromatic carbocycles. The molecule has 0 saturated heterocycles. The minimum Gasteiger partial charge on any atom is -0.489 e. The topological polar surface area (TPSA) is 35.5 Å². The van der Waals surface area contributed by atoms with Gasteiger partial charge in [-0.3, -0.25) is 0 Å². The van der Waals surface area contributed by atoms with Crippen molar-refractivity contribution in [1.29, 1.82) is 0 Å². The van der Waals surface area contributed by atoms with Crippen molar-refractivity contribution in [1.82, 2.24) is 0 Å². The van der Waals surface area contributed by atoms with Gasteiger partial charge in [-0.1, -0.05) is 22.5 Å². The van der Waals surface area contributed by atoms with Gasteiger partial charge in [0.15, 0.2) is 0 Å². The zero-order chi connectivity index (χ0) is 12.8. The van der Waals surface area contributed by atoms with Gasteiger partial charge < -0.3 is 9.47 Å². The molecule has 0 N–H and O–H groups in total. The number of ether oxygens (including phenoxy) is 2. The van der Waals surface area contributed by atoms with Gasteiger partial charge in [-0.2, -0.15) is 0 Å². The van der Waals surface area contributed by atoms with Gasteiger partial charge in [0.1, 0.15) is 19.0 Å². The molecular formula is C12H12Br2O3. The van der Waals surface area contributed by atoms with E-state index in [-0.39, 0.29) is 6.61 Å². The summed E-state index contributed by atoms with van der Waals surface area (Å²) < 4.78 is 12.2. The molecule has 0 bridgehead atoms. The van der Waals surface area contributed by atoms with Crippen LogP contribution < -0.4 is 4.74 Å². The molecule has 5 heteroatoms. The highest BCUT2D eigenvalue weighted by Gasteiger charge is 2.04. The van der Waals surface area contributed by atoms with Crippen LogP contribution in [0, 0.1) is 0 Å². The van der Waals surface area contributed by atoms with Crippen molar-refractivity contribution in [3.63, 3.8) is 0 Å². The SMILES string of the molecule is C=C(C)C(=O)OCCOc1ccc(Br)cc1Br. The van der Waals surface area contributed by atoms with E-state index in [0.717, 1.165) is 8.95 Å². The first kappa shape index (κ1) is 14.3. The van der Waals surface area contributed by atoms with Crippen LogP contribution in [-0.4, -0.2) is 19.2 Å². The molecule has 0 amide bonds. The highest BCUT2D eigenvalue weighted by Crippen LogP contribution is 2.27. The van der Waals surface area contributed by atoms with Crippen LogP contribution in [0.1, 0.15) is 6.92 Å². The van der Waals surface area contributed by atoms with E-state index in [1.165, 1.54) is 0 Å². The molecule has 0 fully saturated rings. The van der Waals surface area contributed by atoms with Gasteiger partial charge in [0.2, 0.25) is 0 Å². The molecule has 0 atom stereocenters. The molecule has 0 aliphatic carbocycles. The highest BCUT2D eigenvalue weighted by molar-refractivity contribution is 9.11. The Hall–Kier alpha value is -0.810. The smallest absolute Gasteiger partial charge is 0.333 e. The van der Waals surface area contributed by atoms with E-state index in [1.54, 1.807) is 6.92 Å². The number of carbonyl (C=O) groups excluding carboxylic acids is 1. The molecule has 0 heterocycles. The minimum atomic E-state index is -0.400. The summed E-state index contributed by atoms with van der Waals surface area (Å²) >= 11 is 6.72. The fraction of sp³-hybridized carbons (Fsp3) is 0.250. The van der Waals surface area contributed by atoms with Gasteiger partial charge in [0.05, 0.1) is 4.47 Å². The van der Waals surface area contributed by atoms with E-state index in [4.69, 9.17) is 9.47 Å². The molecule has 0 radical (unpaired) electrons. The second-order valence-corrected chi connectivity index (χ2v) is 5.11. The Bertz CT molecular complexity index is 430. The molecule has 0 spiro atoms. The molecule has 1 aromatic rings. The van der Waals surface area contributed by atoms with Crippen molar-refractivity contribution in [2.45, 2.75) is 6.92 Å². The van der Waals surface area contributed by atoms with E-state index in [1.807, 2.05) is 18.2 Å². The summed E-state index contributed by atoms with van der Waals surface area (Å²) in [6, 6.07) is 5.59. The fourth-order valence-electron chi connectivity index (χ4n) is 1.00. The lowest BCUT2D eigenvalue weighted by Crippen LogP contribution is -2.12. The second-order valence-electron chi connectivity index (χ2n) is 3.34. The Balaban J connectivity index is 2.36. The molecule has 1 rings (SSSR count). The van der Waals surface area contributed by atoms with Crippen LogP contribution in [0.5, 0.6) is 5.75 Å². The normalized spacial score (nSPS) is 9.82. The number of halogens is 2. The van der Waals surface area contributed by atoms with E-state index in [0.29, 0.717) is 17.9 Å². The maximum atomic E-state index is 11.1. The van der Waals surface area contributed by atoms with E-state index < -0.39 is 5.97 Å². The monoisotopic (exact) mass is 362 g/mol. The predicted molar refractivity (Wildman–Crippen MR) is 73.1 cm³/mol. The van der Waals surface area contributed by atoms with Gasteiger partial charge in [-0.25, -0.2) is 4.79 Å². The van der Waals surface area contributed by atoms with Crippen LogP contribution in [0.2, 0.25) is 0 Å². The quantitative estimate of drug-likeness (QED) is 0.454. The van der Waals surface area contributed by atoms with Gasteiger partial charge in [0, 0.05) is 10.0 Å². The van der Waals surface area contributed by atoms with Crippen molar-refractivity contribution in [3.8, 4) is 5.75 Å². The summed E-state index contributed by atoms with van der Waals surface area (Å²) in [5.41, 5.74) is 0.384. The maximum absolute atomic E-state index is 11.1. The Morgan fingerprint density at radius 3 is 2.65 bits per heavy atom. The van der Waals surface area contributed by atoms with Crippen molar-refractivity contribution in [2.75, 3.05) is 13.2 Å². The van der Waals surface area contributed by atoms with Crippen molar-refractivity contribution in [3.05, 3.63) is 39.3 Å². The molecule has 0 aliphatic heterocycles. The largest absolute Gasteiger partial charge is 0.489 e. The number of hydrogen-bond acceptors (Lipinski definition) is 3. The molecule has 17 heavy (non-hydrogen) atoms. The first-order valence-corrected chi connectivity index (χ1v) is 6.50. The molecule has 0 unspecified atom stereocenters. The van der Waals surface area contributed by atoms with Crippen molar-refractivity contribution >= 4 is 37.8 Å². The Labute approximate surface area is 117 Å². The molecule has 3 nitrogen and oxygen atoms in total. The summed E-state index contributed by atoms with van der Waals surface area (Å²) in [5.74, 6) is 0.308. The molecular weight excluding hydrogens is 352 g/mol.